The maximum atomic E-state index is 6.28. The van der Waals surface area contributed by atoms with Gasteiger partial charge in [0.2, 0.25) is 0 Å². The van der Waals surface area contributed by atoms with Gasteiger partial charge >= 0.3 is 0 Å². The summed E-state index contributed by atoms with van der Waals surface area (Å²) in [7, 11) is 0. The minimum atomic E-state index is -1.02. The van der Waals surface area contributed by atoms with Crippen molar-refractivity contribution in [3.8, 4) is 0 Å². The summed E-state index contributed by atoms with van der Waals surface area (Å²) in [5, 5.41) is 0.405. The number of hydrogen-bond acceptors (Lipinski definition) is 2. The summed E-state index contributed by atoms with van der Waals surface area (Å²) in [6.07, 6.45) is 1.26. The van der Waals surface area contributed by atoms with Crippen LogP contribution in [0.25, 0.3) is 11.0 Å². The summed E-state index contributed by atoms with van der Waals surface area (Å²) in [4.78, 5) is 9.00. The summed E-state index contributed by atoms with van der Waals surface area (Å²) in [6, 6.07) is 5.32. The molecule has 6 heteroatoms. The SMILES string of the molecule is Clc1ccc2nc3c(nc2c1)C(Cl)(Cl)CCC3Cl. The molecule has 94 valence electrons. The second-order valence-corrected chi connectivity index (χ2v) is 6.75. The lowest BCUT2D eigenvalue weighted by Gasteiger charge is -2.29. The van der Waals surface area contributed by atoms with E-state index in [2.05, 4.69) is 9.97 Å². The zero-order chi connectivity index (χ0) is 12.9. The Morgan fingerprint density at radius 1 is 1.17 bits per heavy atom. The van der Waals surface area contributed by atoms with Gasteiger partial charge in [-0.25, -0.2) is 9.97 Å². The fourth-order valence-corrected chi connectivity index (χ4v) is 3.02. The van der Waals surface area contributed by atoms with Crippen LogP contribution in [0.1, 0.15) is 29.6 Å². The van der Waals surface area contributed by atoms with Gasteiger partial charge in [-0.3, -0.25) is 0 Å². The molecular formula is C12H8Cl4N2. The fraction of sp³-hybridized carbons (Fsp3) is 0.333. The lowest BCUT2D eigenvalue weighted by Crippen LogP contribution is -2.23. The zero-order valence-electron chi connectivity index (χ0n) is 9.13. The minimum Gasteiger partial charge on any atom is -0.248 e. The van der Waals surface area contributed by atoms with E-state index in [9.17, 15) is 0 Å². The summed E-state index contributed by atoms with van der Waals surface area (Å²) in [5.41, 5.74) is 2.64. The quantitative estimate of drug-likeness (QED) is 0.639. The molecule has 1 aliphatic rings. The van der Waals surface area contributed by atoms with Gasteiger partial charge in [0.25, 0.3) is 0 Å². The Morgan fingerprint density at radius 2 is 1.94 bits per heavy atom. The van der Waals surface area contributed by atoms with E-state index in [1.165, 1.54) is 0 Å². The molecule has 0 radical (unpaired) electrons. The fourth-order valence-electron chi connectivity index (χ4n) is 2.09. The minimum absolute atomic E-state index is 0.196. The molecule has 2 nitrogen and oxygen atoms in total. The highest BCUT2D eigenvalue weighted by Crippen LogP contribution is 2.48. The summed E-state index contributed by atoms with van der Waals surface area (Å²) in [5.74, 6) is 0. The van der Waals surface area contributed by atoms with E-state index in [4.69, 9.17) is 46.4 Å². The molecule has 1 atom stereocenters. The van der Waals surface area contributed by atoms with Crippen LogP contribution in [0.2, 0.25) is 5.02 Å². The highest BCUT2D eigenvalue weighted by Gasteiger charge is 2.39. The third-order valence-corrected chi connectivity index (χ3v) is 4.40. The van der Waals surface area contributed by atoms with Crippen molar-refractivity contribution in [3.63, 3.8) is 0 Å². The molecule has 1 heterocycles. The molecule has 0 saturated carbocycles. The average Bonchev–Trinajstić information content (AvgIpc) is 2.33. The summed E-state index contributed by atoms with van der Waals surface area (Å²) in [6.45, 7) is 0. The van der Waals surface area contributed by atoms with Crippen molar-refractivity contribution in [2.45, 2.75) is 22.6 Å². The van der Waals surface area contributed by atoms with Gasteiger partial charge in [0.05, 0.1) is 22.1 Å². The molecule has 0 saturated heterocycles. The van der Waals surface area contributed by atoms with Crippen molar-refractivity contribution in [1.82, 2.24) is 9.97 Å². The molecule has 18 heavy (non-hydrogen) atoms. The second kappa shape index (κ2) is 4.38. The molecule has 2 aromatic rings. The van der Waals surface area contributed by atoms with Gasteiger partial charge in [-0.15, -0.1) is 11.6 Å². The van der Waals surface area contributed by atoms with Crippen molar-refractivity contribution in [1.29, 1.82) is 0 Å². The molecule has 0 N–H and O–H groups in total. The lowest BCUT2D eigenvalue weighted by molar-refractivity contribution is 0.584. The highest BCUT2D eigenvalue weighted by molar-refractivity contribution is 6.48. The first-order chi connectivity index (χ1) is 8.47. The van der Waals surface area contributed by atoms with Gasteiger partial charge in [0.15, 0.2) is 4.33 Å². The smallest absolute Gasteiger partial charge is 0.161 e. The monoisotopic (exact) mass is 320 g/mol. The van der Waals surface area contributed by atoms with Crippen molar-refractivity contribution in [2.24, 2.45) is 0 Å². The van der Waals surface area contributed by atoms with Crippen molar-refractivity contribution in [3.05, 3.63) is 34.6 Å². The Morgan fingerprint density at radius 3 is 2.72 bits per heavy atom. The number of nitrogens with zero attached hydrogens (tertiary/aromatic N) is 2. The number of alkyl halides is 3. The van der Waals surface area contributed by atoms with E-state index < -0.39 is 4.33 Å². The average molecular weight is 322 g/mol. The lowest BCUT2D eigenvalue weighted by atomic mass is 9.98. The Balaban J connectivity index is 2.31. The number of halogens is 4. The molecule has 0 spiro atoms. The van der Waals surface area contributed by atoms with Crippen molar-refractivity contribution >= 4 is 57.4 Å². The largest absolute Gasteiger partial charge is 0.248 e. The number of fused-ring (bicyclic) bond motifs is 2. The molecule has 1 unspecified atom stereocenters. The predicted octanol–water partition coefficient (Wildman–Crippen LogP) is 4.99. The van der Waals surface area contributed by atoms with E-state index in [0.29, 0.717) is 34.8 Å². The van der Waals surface area contributed by atoms with Gasteiger partial charge in [-0.2, -0.15) is 0 Å². The van der Waals surface area contributed by atoms with Gasteiger partial charge in [0, 0.05) is 5.02 Å². The van der Waals surface area contributed by atoms with Crippen LogP contribution in [0.3, 0.4) is 0 Å². The van der Waals surface area contributed by atoms with Crippen molar-refractivity contribution < 1.29 is 0 Å². The molecule has 0 aliphatic heterocycles. The van der Waals surface area contributed by atoms with E-state index in [1.807, 2.05) is 6.07 Å². The molecule has 1 aromatic heterocycles. The number of benzene rings is 1. The number of aromatic nitrogens is 2. The molecule has 1 aliphatic carbocycles. The first kappa shape index (κ1) is 12.7. The molecule has 0 fully saturated rings. The van der Waals surface area contributed by atoms with E-state index >= 15 is 0 Å². The molecule has 3 rings (SSSR count). The van der Waals surface area contributed by atoms with Gasteiger partial charge in [-0.1, -0.05) is 34.8 Å². The Hall–Kier alpha value is -0.280. The zero-order valence-corrected chi connectivity index (χ0v) is 12.2. The van der Waals surface area contributed by atoms with Crippen LogP contribution < -0.4 is 0 Å². The van der Waals surface area contributed by atoms with Crippen LogP contribution in [-0.4, -0.2) is 9.97 Å². The summed E-state index contributed by atoms with van der Waals surface area (Å²) < 4.78 is -1.02. The normalized spacial score (nSPS) is 21.9. The van der Waals surface area contributed by atoms with Gasteiger partial charge in [-0.05, 0) is 31.0 Å². The standard InChI is InChI=1S/C12H8Cl4N2/c13-6-1-2-8-9(5-6)18-11-10(17-8)7(14)3-4-12(11,15)16/h1-2,5,7H,3-4H2. The van der Waals surface area contributed by atoms with Crippen LogP contribution >= 0.6 is 46.4 Å². The van der Waals surface area contributed by atoms with Crippen LogP contribution in [0.5, 0.6) is 0 Å². The highest BCUT2D eigenvalue weighted by atomic mass is 35.5. The number of rotatable bonds is 0. The maximum absolute atomic E-state index is 6.28. The summed E-state index contributed by atoms with van der Waals surface area (Å²) >= 11 is 24.8. The first-order valence-electron chi connectivity index (χ1n) is 5.47. The molecule has 1 aromatic carbocycles. The van der Waals surface area contributed by atoms with E-state index in [0.717, 1.165) is 5.52 Å². The van der Waals surface area contributed by atoms with E-state index in [1.54, 1.807) is 12.1 Å². The van der Waals surface area contributed by atoms with E-state index in [-0.39, 0.29) is 5.38 Å². The number of hydrogen-bond donors (Lipinski definition) is 0. The van der Waals surface area contributed by atoms with Crippen LogP contribution in [-0.2, 0) is 4.33 Å². The Labute approximate surface area is 124 Å². The first-order valence-corrected chi connectivity index (χ1v) is 7.04. The predicted molar refractivity (Wildman–Crippen MR) is 75.8 cm³/mol. The molecular weight excluding hydrogens is 314 g/mol. The van der Waals surface area contributed by atoms with Crippen molar-refractivity contribution in [2.75, 3.05) is 0 Å². The second-order valence-electron chi connectivity index (χ2n) is 4.30. The molecule has 0 bridgehead atoms. The maximum Gasteiger partial charge on any atom is 0.161 e. The topological polar surface area (TPSA) is 25.8 Å². The third-order valence-electron chi connectivity index (χ3n) is 3.01. The van der Waals surface area contributed by atoms with Gasteiger partial charge < -0.3 is 0 Å². The van der Waals surface area contributed by atoms with Crippen LogP contribution in [0.4, 0.5) is 0 Å². The van der Waals surface area contributed by atoms with Gasteiger partial charge in [0.1, 0.15) is 5.69 Å². The molecule has 0 amide bonds. The van der Waals surface area contributed by atoms with Crippen LogP contribution in [0, 0.1) is 0 Å². The van der Waals surface area contributed by atoms with Crippen LogP contribution in [0.15, 0.2) is 18.2 Å². The Kier molecular flexibility index (Phi) is 3.10. The third kappa shape index (κ3) is 2.05. The Bertz CT molecular complexity index is 627.